The van der Waals surface area contributed by atoms with Crippen LogP contribution in [-0.2, 0) is 10.8 Å². The van der Waals surface area contributed by atoms with Crippen molar-refractivity contribution in [3.8, 4) is 78.7 Å². The van der Waals surface area contributed by atoms with Crippen LogP contribution in [0.25, 0.3) is 111 Å². The molecule has 0 radical (unpaired) electrons. The van der Waals surface area contributed by atoms with Crippen LogP contribution in [0.2, 0.25) is 0 Å². The smallest absolute Gasteiger partial charge is 0.0620 e. The number of hydrogen-bond donors (Lipinski definition) is 0. The highest BCUT2D eigenvalue weighted by molar-refractivity contribution is 6.17. The lowest BCUT2D eigenvalue weighted by molar-refractivity contribution is 0.652. The third kappa shape index (κ3) is 7.02. The van der Waals surface area contributed by atoms with Gasteiger partial charge < -0.3 is 9.13 Å². The first kappa shape index (κ1) is 46.1. The van der Waals surface area contributed by atoms with Gasteiger partial charge in [0, 0.05) is 32.4 Å². The van der Waals surface area contributed by atoms with Gasteiger partial charge in [0.05, 0.1) is 34.2 Å². The van der Waals surface area contributed by atoms with Crippen LogP contribution in [0.15, 0.2) is 260 Å². The molecule has 78 heavy (non-hydrogen) atoms. The third-order valence-electron chi connectivity index (χ3n) is 17.7. The Kier molecular flexibility index (Phi) is 10.4. The predicted molar refractivity (Wildman–Crippen MR) is 328 cm³/mol. The third-order valence-corrected chi connectivity index (χ3v) is 17.7. The van der Waals surface area contributed by atoms with E-state index in [1.807, 2.05) is 0 Å². The summed E-state index contributed by atoms with van der Waals surface area (Å²) in [6.07, 6.45) is 4.54. The van der Waals surface area contributed by atoms with E-state index < -0.39 is 0 Å². The molecular weight excluding hydrogens is 941 g/mol. The normalized spacial score (nSPS) is 14.8. The Morgan fingerprint density at radius 1 is 0.295 bits per heavy atom. The first-order valence-electron chi connectivity index (χ1n) is 27.7. The summed E-state index contributed by atoms with van der Waals surface area (Å²) in [4.78, 5) is 0. The van der Waals surface area contributed by atoms with E-state index in [4.69, 9.17) is 0 Å². The highest BCUT2D eigenvalue weighted by Gasteiger charge is 2.39. The molecule has 2 heterocycles. The van der Waals surface area contributed by atoms with Gasteiger partial charge in [0.15, 0.2) is 0 Å². The van der Waals surface area contributed by atoms with Crippen molar-refractivity contribution in [2.24, 2.45) is 0 Å². The van der Waals surface area contributed by atoms with Gasteiger partial charge in [-0.3, -0.25) is 0 Å². The highest BCUT2D eigenvalue weighted by atomic mass is 15.0. The van der Waals surface area contributed by atoms with Crippen LogP contribution < -0.4 is 0 Å². The Bertz CT molecular complexity index is 4330. The van der Waals surface area contributed by atoms with Crippen molar-refractivity contribution in [3.05, 3.63) is 288 Å². The first-order chi connectivity index (χ1) is 38.2. The van der Waals surface area contributed by atoms with Gasteiger partial charge in [-0.1, -0.05) is 240 Å². The van der Waals surface area contributed by atoms with Crippen molar-refractivity contribution in [2.75, 3.05) is 0 Å². The number of hydrogen-bond acceptors (Lipinski definition) is 0. The zero-order valence-corrected chi connectivity index (χ0v) is 44.6. The molecule has 0 atom stereocenters. The lowest BCUT2D eigenvalue weighted by Crippen LogP contribution is -2.17. The fourth-order valence-electron chi connectivity index (χ4n) is 13.8. The zero-order valence-electron chi connectivity index (χ0n) is 44.6. The molecule has 10 aromatic carbocycles. The van der Waals surface area contributed by atoms with Gasteiger partial charge in [-0.15, -0.1) is 0 Å². The molecule has 0 unspecified atom stereocenters. The van der Waals surface area contributed by atoms with Crippen molar-refractivity contribution < 1.29 is 0 Å². The zero-order chi connectivity index (χ0) is 52.3. The molecule has 3 aliphatic rings. The number of fused-ring (bicyclic) bond motifs is 7. The van der Waals surface area contributed by atoms with E-state index in [9.17, 15) is 0 Å². The summed E-state index contributed by atoms with van der Waals surface area (Å²) in [6.45, 7) is 9.60. The van der Waals surface area contributed by atoms with E-state index in [-0.39, 0.29) is 10.8 Å². The molecule has 0 fully saturated rings. The van der Waals surface area contributed by atoms with Crippen LogP contribution in [0.3, 0.4) is 0 Å². The molecule has 0 spiro atoms. The van der Waals surface area contributed by atoms with E-state index in [0.717, 1.165) is 35.6 Å². The van der Waals surface area contributed by atoms with Crippen molar-refractivity contribution in [1.29, 1.82) is 0 Å². The molecular formula is C76H58N2. The molecule has 12 aromatic rings. The van der Waals surface area contributed by atoms with Gasteiger partial charge in [0.25, 0.3) is 0 Å². The molecule has 2 nitrogen and oxygen atoms in total. The van der Waals surface area contributed by atoms with Crippen molar-refractivity contribution in [3.63, 3.8) is 0 Å². The van der Waals surface area contributed by atoms with Gasteiger partial charge in [-0.25, -0.2) is 0 Å². The lowest BCUT2D eigenvalue weighted by Gasteiger charge is -2.27. The van der Waals surface area contributed by atoms with Gasteiger partial charge in [0.2, 0.25) is 0 Å². The van der Waals surface area contributed by atoms with Crippen LogP contribution in [0.1, 0.15) is 68.4 Å². The average molecular weight is 999 g/mol. The predicted octanol–water partition coefficient (Wildman–Crippen LogP) is 20.1. The van der Waals surface area contributed by atoms with E-state index in [1.54, 1.807) is 0 Å². The molecule has 15 rings (SSSR count). The molecule has 2 aromatic heterocycles. The van der Waals surface area contributed by atoms with Crippen LogP contribution in [0.4, 0.5) is 0 Å². The Hall–Kier alpha value is -9.24. The van der Waals surface area contributed by atoms with Gasteiger partial charge in [-0.2, -0.15) is 0 Å². The largest absolute Gasteiger partial charge is 0.308 e. The number of benzene rings is 10. The van der Waals surface area contributed by atoms with Crippen molar-refractivity contribution in [2.45, 2.75) is 51.4 Å². The van der Waals surface area contributed by atoms with E-state index >= 15 is 0 Å². The van der Waals surface area contributed by atoms with Crippen molar-refractivity contribution in [1.82, 2.24) is 9.13 Å². The summed E-state index contributed by atoms with van der Waals surface area (Å²) in [5, 5.41) is 4.75. The summed E-state index contributed by atoms with van der Waals surface area (Å²) in [6, 6.07) is 93.2. The summed E-state index contributed by atoms with van der Waals surface area (Å²) in [7, 11) is 0. The minimum absolute atomic E-state index is 0.0919. The number of aromatic nitrogens is 2. The molecule has 0 amide bonds. The Morgan fingerprint density at radius 2 is 0.692 bits per heavy atom. The highest BCUT2D eigenvalue weighted by Crippen LogP contribution is 2.54. The minimum atomic E-state index is -0.138. The van der Waals surface area contributed by atoms with Gasteiger partial charge >= 0.3 is 0 Å². The van der Waals surface area contributed by atoms with Crippen LogP contribution in [-0.4, -0.2) is 9.13 Å². The first-order valence-corrected chi connectivity index (χ1v) is 27.7. The van der Waals surface area contributed by atoms with E-state index in [2.05, 4.69) is 292 Å². The molecule has 0 aliphatic heterocycles. The summed E-state index contributed by atoms with van der Waals surface area (Å²) >= 11 is 0. The van der Waals surface area contributed by atoms with Crippen LogP contribution in [0.5, 0.6) is 0 Å². The summed E-state index contributed by atoms with van der Waals surface area (Å²) in [5.74, 6) is 0. The van der Waals surface area contributed by atoms with Gasteiger partial charge in [-0.05, 0) is 144 Å². The van der Waals surface area contributed by atoms with Gasteiger partial charge in [0.1, 0.15) is 0 Å². The summed E-state index contributed by atoms with van der Waals surface area (Å²) < 4.78 is 5.16. The monoisotopic (exact) mass is 998 g/mol. The van der Waals surface area contributed by atoms with Crippen molar-refractivity contribution >= 4 is 32.7 Å². The molecule has 0 saturated heterocycles. The quantitative estimate of drug-likeness (QED) is 0.134. The Morgan fingerprint density at radius 3 is 1.22 bits per heavy atom. The minimum Gasteiger partial charge on any atom is -0.308 e. The average Bonchev–Trinajstić information content (AvgIpc) is 4.10. The fraction of sp³-hybridized carbons (Fsp3) is 0.105. The maximum atomic E-state index is 2.59. The molecule has 0 saturated carbocycles. The molecule has 0 bridgehead atoms. The second kappa shape index (κ2) is 17.7. The maximum absolute atomic E-state index is 2.59. The van der Waals surface area contributed by atoms with E-state index in [1.165, 1.54) is 122 Å². The number of rotatable bonds is 8. The lowest BCUT2D eigenvalue weighted by atomic mass is 9.78. The molecule has 372 valence electrons. The topological polar surface area (TPSA) is 9.86 Å². The standard InChI is InChI=1S/C76H58N2/c1-75(2)65-31-19-17-29-57(65)59-37-33-55(47-67(59)75)53-35-39-61-63(45-53)74(78-71(51-25-13-7-14-26-51)43-44-72(78)52-27-15-8-16-28-52)64-46-54(56-34-38-60-58-30-18-20-32-66(58)76(3,4)68(60)48-56)36-40-62(64)73(61)77-69(49-21-9-5-10-22-49)41-42-70(77)50-23-11-6-12-24-50/h5-33,35-37,39-48H,34,38H2,1-4H3. The molecule has 0 N–H and O–H groups in total. The van der Waals surface area contributed by atoms with Crippen LogP contribution >= 0.6 is 0 Å². The number of allylic oxidation sites excluding steroid dienone is 4. The molecule has 2 heteroatoms. The Labute approximate surface area is 457 Å². The van der Waals surface area contributed by atoms with Crippen LogP contribution in [0, 0.1) is 0 Å². The summed E-state index contributed by atoms with van der Waals surface area (Å²) in [5.41, 5.74) is 27.6. The Balaban J connectivity index is 1.09. The molecule has 3 aliphatic carbocycles. The fourth-order valence-corrected chi connectivity index (χ4v) is 13.8. The number of nitrogens with zero attached hydrogens (tertiary/aromatic N) is 2. The second-order valence-corrected chi connectivity index (χ2v) is 22.7. The maximum Gasteiger partial charge on any atom is 0.0620 e. The second-order valence-electron chi connectivity index (χ2n) is 22.7. The SMILES string of the molecule is CC1(C)C2=C(CCC(c3ccc4c(-n5c(-c6ccccc6)ccc5-c5ccccc5)c5ccc(-c6ccc7c(c6)C(C)(C)c6ccccc6-7)cc5c(-n5c(-c6ccccc6)ccc5-c5ccccc5)c4c3)=C2)c2ccccc21. The van der Waals surface area contributed by atoms with E-state index in [0.29, 0.717) is 0 Å².